The van der Waals surface area contributed by atoms with E-state index >= 15 is 0 Å². The molecule has 2 aromatic rings. The lowest BCUT2D eigenvalue weighted by Crippen LogP contribution is -2.37. The van der Waals surface area contributed by atoms with Crippen molar-refractivity contribution >= 4 is 33.2 Å². The molecule has 144 valence electrons. The lowest BCUT2D eigenvalue weighted by molar-refractivity contribution is 0.0770. The summed E-state index contributed by atoms with van der Waals surface area (Å²) in [5.41, 5.74) is 3.09. The zero-order valence-electron chi connectivity index (χ0n) is 15.2. The fraction of sp³-hybridized carbons (Fsp3) is 0.450. The van der Waals surface area contributed by atoms with Crippen LogP contribution in [0.3, 0.4) is 0 Å². The summed E-state index contributed by atoms with van der Waals surface area (Å²) in [5.74, 6) is 0.0416. The summed E-state index contributed by atoms with van der Waals surface area (Å²) in [6.45, 7) is 4.21. The summed E-state index contributed by atoms with van der Waals surface area (Å²) in [4.78, 5) is 15.1. The second-order valence-corrected chi connectivity index (χ2v) is 7.71. The van der Waals surface area contributed by atoms with E-state index < -0.39 is 0 Å². The average Bonchev–Trinajstić information content (AvgIpc) is 3.16. The first-order valence-electron chi connectivity index (χ1n) is 9.48. The Balaban J connectivity index is 1.67. The topological polar surface area (TPSA) is 66.7 Å². The fourth-order valence-corrected chi connectivity index (χ4v) is 4.11. The molecule has 2 N–H and O–H groups in total. The summed E-state index contributed by atoms with van der Waals surface area (Å²) in [5, 5.41) is 6.59. The minimum absolute atomic E-state index is 0.130. The number of hydrogen-bond acceptors (Lipinski definition) is 5. The molecule has 2 saturated heterocycles. The minimum atomic E-state index is -0.246. The number of carbonyl (C=O) groups is 1. The Morgan fingerprint density at radius 3 is 2.74 bits per heavy atom. The largest absolute Gasteiger partial charge is 0.444 e. The summed E-state index contributed by atoms with van der Waals surface area (Å²) in [6.07, 6.45) is 3.59. The van der Waals surface area contributed by atoms with Gasteiger partial charge in [0.15, 0.2) is 10.4 Å². The van der Waals surface area contributed by atoms with E-state index in [0.29, 0.717) is 11.3 Å². The number of ether oxygens (including phenoxy) is 1. The van der Waals surface area contributed by atoms with Crippen LogP contribution < -0.4 is 15.5 Å². The summed E-state index contributed by atoms with van der Waals surface area (Å²) in [6, 6.07) is 9.61. The van der Waals surface area contributed by atoms with Gasteiger partial charge in [-0.1, -0.05) is 12.1 Å². The normalized spacial score (nSPS) is 20.5. The molecule has 0 bridgehead atoms. The molecule has 0 aliphatic carbocycles. The van der Waals surface area contributed by atoms with Crippen LogP contribution in [0.25, 0.3) is 0 Å². The van der Waals surface area contributed by atoms with Crippen LogP contribution in [0.1, 0.15) is 41.4 Å². The number of morpholine rings is 1. The molecule has 4 rings (SSSR count). The van der Waals surface area contributed by atoms with Crippen LogP contribution in [-0.4, -0.2) is 38.8 Å². The van der Waals surface area contributed by atoms with Gasteiger partial charge in [0.05, 0.1) is 30.6 Å². The van der Waals surface area contributed by atoms with Gasteiger partial charge in [-0.05, 0) is 59.0 Å². The average molecular weight is 434 g/mol. The van der Waals surface area contributed by atoms with Gasteiger partial charge in [0.2, 0.25) is 0 Å². The van der Waals surface area contributed by atoms with E-state index in [-0.39, 0.29) is 17.7 Å². The maximum absolute atomic E-state index is 12.7. The first-order chi connectivity index (χ1) is 13.2. The minimum Gasteiger partial charge on any atom is -0.444 e. The van der Waals surface area contributed by atoms with Gasteiger partial charge in [-0.2, -0.15) is 0 Å². The highest BCUT2D eigenvalue weighted by Crippen LogP contribution is 2.36. The molecule has 1 atom stereocenters. The fourth-order valence-electron chi connectivity index (χ4n) is 3.80. The Morgan fingerprint density at radius 1 is 1.19 bits per heavy atom. The lowest BCUT2D eigenvalue weighted by atomic mass is 9.99. The number of para-hydroxylation sites is 1. The van der Waals surface area contributed by atoms with E-state index in [1.165, 1.54) is 24.8 Å². The van der Waals surface area contributed by atoms with Crippen LogP contribution in [0.15, 0.2) is 39.4 Å². The van der Waals surface area contributed by atoms with E-state index in [0.717, 1.165) is 37.6 Å². The van der Waals surface area contributed by atoms with E-state index in [1.54, 1.807) is 12.1 Å². The number of nitrogens with one attached hydrogen (secondary N) is 2. The number of furan rings is 1. The molecule has 1 aromatic carbocycles. The van der Waals surface area contributed by atoms with Crippen LogP contribution in [0, 0.1) is 0 Å². The van der Waals surface area contributed by atoms with E-state index in [2.05, 4.69) is 37.5 Å². The highest BCUT2D eigenvalue weighted by molar-refractivity contribution is 9.10. The first-order valence-corrected chi connectivity index (χ1v) is 10.3. The third-order valence-electron chi connectivity index (χ3n) is 5.08. The van der Waals surface area contributed by atoms with E-state index in [1.807, 2.05) is 12.1 Å². The van der Waals surface area contributed by atoms with Gasteiger partial charge in [-0.15, -0.1) is 0 Å². The molecule has 1 amide bonds. The monoisotopic (exact) mass is 433 g/mol. The van der Waals surface area contributed by atoms with Gasteiger partial charge in [-0.3, -0.25) is 4.79 Å². The van der Waals surface area contributed by atoms with Crippen molar-refractivity contribution in [2.45, 2.75) is 25.3 Å². The number of benzene rings is 1. The summed E-state index contributed by atoms with van der Waals surface area (Å²) in [7, 11) is 0. The standard InChI is InChI=1S/C20H24BrN3O3/c21-18-8-7-17(27-18)20(25)23-15-6-4-5-14(16-13-26-12-9-22-16)19(15)24-10-2-1-3-11-24/h4-8,16,22H,1-3,9-13H2,(H,23,25). The Labute approximate surface area is 167 Å². The molecule has 0 radical (unpaired) electrons. The van der Waals surface area contributed by atoms with E-state index in [9.17, 15) is 4.79 Å². The predicted octanol–water partition coefficient (Wildman–Crippen LogP) is 3.95. The van der Waals surface area contributed by atoms with Gasteiger partial charge >= 0.3 is 0 Å². The van der Waals surface area contributed by atoms with Crippen molar-refractivity contribution in [1.82, 2.24) is 5.32 Å². The number of piperidine rings is 1. The smallest absolute Gasteiger partial charge is 0.291 e. The van der Waals surface area contributed by atoms with Crippen LogP contribution in [0.2, 0.25) is 0 Å². The van der Waals surface area contributed by atoms with Crippen molar-refractivity contribution in [2.75, 3.05) is 43.1 Å². The van der Waals surface area contributed by atoms with Crippen LogP contribution >= 0.6 is 15.9 Å². The Morgan fingerprint density at radius 2 is 2.04 bits per heavy atom. The highest BCUT2D eigenvalue weighted by atomic mass is 79.9. The van der Waals surface area contributed by atoms with Gasteiger partial charge in [0.25, 0.3) is 5.91 Å². The number of nitrogens with zero attached hydrogens (tertiary/aromatic N) is 1. The van der Waals surface area contributed by atoms with Crippen molar-refractivity contribution in [3.05, 3.63) is 46.3 Å². The SMILES string of the molecule is O=C(Nc1cccc(C2COCCN2)c1N1CCCCC1)c1ccc(Br)o1. The second-order valence-electron chi connectivity index (χ2n) is 6.93. The third kappa shape index (κ3) is 4.20. The maximum Gasteiger partial charge on any atom is 0.291 e. The summed E-state index contributed by atoms with van der Waals surface area (Å²) >= 11 is 3.25. The van der Waals surface area contributed by atoms with Crippen molar-refractivity contribution in [2.24, 2.45) is 0 Å². The molecule has 0 spiro atoms. The van der Waals surface area contributed by atoms with Crippen LogP contribution in [-0.2, 0) is 4.74 Å². The number of halogens is 1. The van der Waals surface area contributed by atoms with Gasteiger partial charge < -0.3 is 24.7 Å². The molecule has 1 aromatic heterocycles. The predicted molar refractivity (Wildman–Crippen MR) is 108 cm³/mol. The highest BCUT2D eigenvalue weighted by Gasteiger charge is 2.25. The van der Waals surface area contributed by atoms with Crippen molar-refractivity contribution in [3.63, 3.8) is 0 Å². The Bertz CT molecular complexity index is 796. The van der Waals surface area contributed by atoms with Crippen LogP contribution in [0.5, 0.6) is 0 Å². The molecular formula is C20H24BrN3O3. The van der Waals surface area contributed by atoms with Crippen LogP contribution in [0.4, 0.5) is 11.4 Å². The molecule has 2 aliphatic rings. The molecule has 6 nitrogen and oxygen atoms in total. The molecular weight excluding hydrogens is 410 g/mol. The number of rotatable bonds is 4. The molecule has 0 saturated carbocycles. The zero-order chi connectivity index (χ0) is 18.6. The molecule has 2 fully saturated rings. The number of amides is 1. The molecule has 2 aliphatic heterocycles. The maximum atomic E-state index is 12.7. The zero-order valence-corrected chi connectivity index (χ0v) is 16.8. The van der Waals surface area contributed by atoms with Gasteiger partial charge in [-0.25, -0.2) is 0 Å². The Kier molecular flexibility index (Phi) is 5.80. The first kappa shape index (κ1) is 18.5. The third-order valence-corrected chi connectivity index (χ3v) is 5.51. The Hall–Kier alpha value is -1.83. The summed E-state index contributed by atoms with van der Waals surface area (Å²) < 4.78 is 11.6. The van der Waals surface area contributed by atoms with Gasteiger partial charge in [0, 0.05) is 19.6 Å². The molecule has 27 heavy (non-hydrogen) atoms. The molecule has 7 heteroatoms. The van der Waals surface area contributed by atoms with Crippen molar-refractivity contribution in [1.29, 1.82) is 0 Å². The van der Waals surface area contributed by atoms with Crippen molar-refractivity contribution < 1.29 is 13.9 Å². The number of anilines is 2. The lowest BCUT2D eigenvalue weighted by Gasteiger charge is -2.35. The van der Waals surface area contributed by atoms with E-state index in [4.69, 9.17) is 9.15 Å². The molecule has 1 unspecified atom stereocenters. The molecule has 3 heterocycles. The quantitative estimate of drug-likeness (QED) is 0.763. The number of carbonyl (C=O) groups excluding carboxylic acids is 1. The van der Waals surface area contributed by atoms with Gasteiger partial charge in [0.1, 0.15) is 0 Å². The second kappa shape index (κ2) is 8.46. The number of hydrogen-bond donors (Lipinski definition) is 2. The van der Waals surface area contributed by atoms with Crippen molar-refractivity contribution in [3.8, 4) is 0 Å².